The van der Waals surface area contributed by atoms with Gasteiger partial charge in [-0.1, -0.05) is 0 Å². The topological polar surface area (TPSA) is 24.4 Å². The summed E-state index contributed by atoms with van der Waals surface area (Å²) in [7, 11) is 3.11. The molecule has 0 saturated heterocycles. The number of rotatable bonds is 1. The molecule has 0 unspecified atom stereocenters. The summed E-state index contributed by atoms with van der Waals surface area (Å²) in [5.74, 6) is -0.638. The minimum atomic E-state index is -0.489. The number of nitrogens with one attached hydrogen (secondary N) is 1. The van der Waals surface area contributed by atoms with Crippen molar-refractivity contribution >= 4 is 5.84 Å². The molecule has 0 aliphatic carbocycles. The molecule has 0 spiro atoms. The summed E-state index contributed by atoms with van der Waals surface area (Å²) >= 11 is 0. The van der Waals surface area contributed by atoms with Gasteiger partial charge in [-0.05, 0) is 18.2 Å². The van der Waals surface area contributed by atoms with Crippen LogP contribution in [-0.4, -0.2) is 19.9 Å². The molecule has 1 aromatic rings. The summed E-state index contributed by atoms with van der Waals surface area (Å²) in [6.07, 6.45) is 0. The smallest absolute Gasteiger partial charge is 0.134 e. The molecule has 2 nitrogen and oxygen atoms in total. The predicted octanol–water partition coefficient (Wildman–Crippen LogP) is 1.56. The second-order valence-corrected chi connectivity index (χ2v) is 2.45. The maximum atomic E-state index is 13.1. The van der Waals surface area contributed by atoms with Gasteiger partial charge in [0.15, 0.2) is 0 Å². The van der Waals surface area contributed by atoms with Crippen molar-refractivity contribution in [1.29, 1.82) is 0 Å². The van der Waals surface area contributed by atoms with Gasteiger partial charge in [0.2, 0.25) is 0 Å². The van der Waals surface area contributed by atoms with Gasteiger partial charge in [0.25, 0.3) is 0 Å². The fourth-order valence-electron chi connectivity index (χ4n) is 1.05. The highest BCUT2D eigenvalue weighted by atomic mass is 19.1. The fourth-order valence-corrected chi connectivity index (χ4v) is 1.05. The van der Waals surface area contributed by atoms with Crippen LogP contribution in [0.25, 0.3) is 0 Å². The van der Waals surface area contributed by atoms with Crippen LogP contribution in [0.5, 0.6) is 0 Å². The highest BCUT2D eigenvalue weighted by molar-refractivity contribution is 5.98. The van der Waals surface area contributed by atoms with Crippen LogP contribution < -0.4 is 5.32 Å². The first kappa shape index (κ1) is 9.64. The molecule has 0 saturated carbocycles. The van der Waals surface area contributed by atoms with E-state index in [0.717, 1.165) is 18.2 Å². The lowest BCUT2D eigenvalue weighted by atomic mass is 10.2. The van der Waals surface area contributed by atoms with Crippen molar-refractivity contribution in [2.24, 2.45) is 4.99 Å². The molecule has 0 radical (unpaired) electrons. The van der Waals surface area contributed by atoms with E-state index >= 15 is 0 Å². The molecule has 0 amide bonds. The second kappa shape index (κ2) is 3.98. The maximum absolute atomic E-state index is 13.1. The molecular formula is C9H10F2N2. The third-order valence-electron chi connectivity index (χ3n) is 1.64. The molecule has 4 heteroatoms. The molecule has 0 aromatic heterocycles. The normalized spacial score (nSPS) is 11.5. The van der Waals surface area contributed by atoms with Crippen LogP contribution >= 0.6 is 0 Å². The van der Waals surface area contributed by atoms with Gasteiger partial charge in [-0.3, -0.25) is 4.99 Å². The highest BCUT2D eigenvalue weighted by Crippen LogP contribution is 2.09. The maximum Gasteiger partial charge on any atom is 0.134 e. The molecule has 0 aliphatic rings. The first-order valence-electron chi connectivity index (χ1n) is 3.79. The first-order chi connectivity index (χ1) is 6.19. The van der Waals surface area contributed by atoms with E-state index in [9.17, 15) is 8.78 Å². The number of amidine groups is 1. The molecule has 0 aliphatic heterocycles. The summed E-state index contributed by atoms with van der Waals surface area (Å²) in [6.45, 7) is 0. The lowest BCUT2D eigenvalue weighted by molar-refractivity contribution is 0.597. The van der Waals surface area contributed by atoms with Crippen LogP contribution in [0.4, 0.5) is 8.78 Å². The molecule has 13 heavy (non-hydrogen) atoms. The van der Waals surface area contributed by atoms with E-state index in [1.165, 1.54) is 7.05 Å². The Balaban J connectivity index is 3.19. The van der Waals surface area contributed by atoms with Crippen molar-refractivity contribution in [3.63, 3.8) is 0 Å². The molecule has 70 valence electrons. The highest BCUT2D eigenvalue weighted by Gasteiger charge is 2.08. The van der Waals surface area contributed by atoms with Gasteiger partial charge in [0.1, 0.15) is 17.5 Å². The number of hydrogen-bond donors (Lipinski definition) is 1. The third-order valence-corrected chi connectivity index (χ3v) is 1.64. The summed E-state index contributed by atoms with van der Waals surface area (Å²) < 4.78 is 25.8. The Morgan fingerprint density at radius 1 is 1.38 bits per heavy atom. The molecule has 0 atom stereocenters. The molecule has 0 fully saturated rings. The molecule has 1 N–H and O–H groups in total. The van der Waals surface area contributed by atoms with E-state index in [2.05, 4.69) is 10.3 Å². The zero-order chi connectivity index (χ0) is 9.84. The van der Waals surface area contributed by atoms with E-state index in [1.54, 1.807) is 7.05 Å². The number of benzene rings is 1. The second-order valence-electron chi connectivity index (χ2n) is 2.45. The Morgan fingerprint density at radius 2 is 2.08 bits per heavy atom. The fraction of sp³-hybridized carbons (Fsp3) is 0.222. The summed E-state index contributed by atoms with van der Waals surface area (Å²) in [5, 5.41) is 2.68. The zero-order valence-corrected chi connectivity index (χ0v) is 7.44. The van der Waals surface area contributed by atoms with Gasteiger partial charge in [-0.15, -0.1) is 0 Å². The quantitative estimate of drug-likeness (QED) is 0.520. The Labute approximate surface area is 75.3 Å². The van der Waals surface area contributed by atoms with Crippen molar-refractivity contribution in [1.82, 2.24) is 5.32 Å². The summed E-state index contributed by atoms with van der Waals surface area (Å²) in [4.78, 5) is 3.78. The minimum absolute atomic E-state index is 0.144. The molecule has 1 rings (SSSR count). The van der Waals surface area contributed by atoms with Gasteiger partial charge in [0, 0.05) is 14.1 Å². The Hall–Kier alpha value is -1.45. The van der Waals surface area contributed by atoms with Crippen LogP contribution in [0.2, 0.25) is 0 Å². The predicted molar refractivity (Wildman–Crippen MR) is 47.9 cm³/mol. The van der Waals surface area contributed by atoms with Crippen molar-refractivity contribution < 1.29 is 8.78 Å². The first-order valence-corrected chi connectivity index (χ1v) is 3.79. The average molecular weight is 184 g/mol. The van der Waals surface area contributed by atoms with Crippen molar-refractivity contribution in [3.8, 4) is 0 Å². The lowest BCUT2D eigenvalue weighted by Gasteiger charge is -2.05. The van der Waals surface area contributed by atoms with Crippen molar-refractivity contribution in [3.05, 3.63) is 35.4 Å². The van der Waals surface area contributed by atoms with Crippen LogP contribution in [0.3, 0.4) is 0 Å². The summed E-state index contributed by atoms with van der Waals surface area (Å²) in [5.41, 5.74) is 0.144. The lowest BCUT2D eigenvalue weighted by Crippen LogP contribution is -2.20. The number of hydrogen-bond acceptors (Lipinski definition) is 1. The van der Waals surface area contributed by atoms with Crippen LogP contribution in [0.15, 0.2) is 23.2 Å². The van der Waals surface area contributed by atoms with Gasteiger partial charge in [-0.2, -0.15) is 0 Å². The molecule has 1 aromatic carbocycles. The standard InChI is InChI=1S/C9H10F2N2/c1-12-9(13-2)7-5-6(10)3-4-8(7)11/h3-5H,1-2H3,(H,12,13). The van der Waals surface area contributed by atoms with E-state index in [4.69, 9.17) is 0 Å². The van der Waals surface area contributed by atoms with Gasteiger partial charge in [0.05, 0.1) is 5.56 Å². The largest absolute Gasteiger partial charge is 0.373 e. The molecular weight excluding hydrogens is 174 g/mol. The Kier molecular flexibility index (Phi) is 2.95. The third kappa shape index (κ3) is 2.02. The van der Waals surface area contributed by atoms with Crippen LogP contribution in [0.1, 0.15) is 5.56 Å². The number of nitrogens with zero attached hydrogens (tertiary/aromatic N) is 1. The van der Waals surface area contributed by atoms with E-state index in [-0.39, 0.29) is 5.56 Å². The minimum Gasteiger partial charge on any atom is -0.373 e. The Morgan fingerprint density at radius 3 is 2.62 bits per heavy atom. The number of halogens is 2. The van der Waals surface area contributed by atoms with Crippen LogP contribution in [-0.2, 0) is 0 Å². The monoisotopic (exact) mass is 184 g/mol. The molecule has 0 bridgehead atoms. The van der Waals surface area contributed by atoms with Gasteiger partial charge >= 0.3 is 0 Å². The van der Waals surface area contributed by atoms with E-state index in [0.29, 0.717) is 5.84 Å². The van der Waals surface area contributed by atoms with Gasteiger partial charge < -0.3 is 5.32 Å². The van der Waals surface area contributed by atoms with Gasteiger partial charge in [-0.25, -0.2) is 8.78 Å². The van der Waals surface area contributed by atoms with E-state index in [1.807, 2.05) is 0 Å². The SMILES string of the molecule is CN=C(NC)c1cc(F)ccc1F. The van der Waals surface area contributed by atoms with Crippen LogP contribution in [0, 0.1) is 11.6 Å². The summed E-state index contributed by atoms with van der Waals surface area (Å²) in [6, 6.07) is 3.25. The Bertz CT molecular complexity index is 334. The van der Waals surface area contributed by atoms with Crippen molar-refractivity contribution in [2.45, 2.75) is 0 Å². The number of aliphatic imine (C=N–C) groups is 1. The average Bonchev–Trinajstić information content (AvgIpc) is 2.13. The van der Waals surface area contributed by atoms with Crippen molar-refractivity contribution in [2.75, 3.05) is 14.1 Å². The zero-order valence-electron chi connectivity index (χ0n) is 7.44. The van der Waals surface area contributed by atoms with E-state index < -0.39 is 11.6 Å². The molecule has 0 heterocycles.